The van der Waals surface area contributed by atoms with E-state index in [0.717, 1.165) is 34.4 Å². The smallest absolute Gasteiger partial charge is 0.252 e. The third-order valence-electron chi connectivity index (χ3n) is 3.93. The first kappa shape index (κ1) is 17.9. The van der Waals surface area contributed by atoms with Crippen molar-refractivity contribution in [2.75, 3.05) is 27.2 Å². The van der Waals surface area contributed by atoms with Crippen LogP contribution in [0.3, 0.4) is 0 Å². The number of nitrogens with one attached hydrogen (secondary N) is 2. The van der Waals surface area contributed by atoms with Crippen molar-refractivity contribution in [2.24, 2.45) is 0 Å². The average Bonchev–Trinajstić information content (AvgIpc) is 3.04. The van der Waals surface area contributed by atoms with E-state index in [1.807, 2.05) is 42.5 Å². The minimum absolute atomic E-state index is 0.0590. The fourth-order valence-electron chi connectivity index (χ4n) is 2.68. The number of benzene rings is 1. The van der Waals surface area contributed by atoms with E-state index in [2.05, 4.69) is 24.4 Å². The molecule has 0 unspecified atom stereocenters. The van der Waals surface area contributed by atoms with Gasteiger partial charge in [-0.15, -0.1) is 11.3 Å². The van der Waals surface area contributed by atoms with Crippen molar-refractivity contribution in [1.29, 1.82) is 0 Å². The SMILES string of the molecule is C[NH+](C)CCCNC(=O)c1cc(-c2ccc(Cl)s2)nc2ccccc12. The Morgan fingerprint density at radius 2 is 2.04 bits per heavy atom. The van der Waals surface area contributed by atoms with Gasteiger partial charge < -0.3 is 10.2 Å². The number of nitrogens with zero attached hydrogens (tertiary/aromatic N) is 1. The summed E-state index contributed by atoms with van der Waals surface area (Å²) in [6.07, 6.45) is 0.949. The first-order valence-corrected chi connectivity index (χ1v) is 9.47. The fraction of sp³-hybridized carbons (Fsp3) is 0.263. The van der Waals surface area contributed by atoms with Gasteiger partial charge in [-0.25, -0.2) is 4.98 Å². The lowest BCUT2D eigenvalue weighted by atomic mass is 10.1. The summed E-state index contributed by atoms with van der Waals surface area (Å²) in [5.41, 5.74) is 2.24. The Hall–Kier alpha value is -1.95. The number of para-hydroxylation sites is 1. The molecule has 0 atom stereocenters. The first-order valence-electron chi connectivity index (χ1n) is 8.27. The zero-order valence-corrected chi connectivity index (χ0v) is 15.9. The van der Waals surface area contributed by atoms with Crippen LogP contribution in [0.2, 0.25) is 4.34 Å². The quantitative estimate of drug-likeness (QED) is 0.652. The lowest BCUT2D eigenvalue weighted by Gasteiger charge is -2.11. The molecular weight excluding hydrogens is 354 g/mol. The van der Waals surface area contributed by atoms with E-state index in [4.69, 9.17) is 11.6 Å². The van der Waals surface area contributed by atoms with Gasteiger partial charge in [0.25, 0.3) is 5.91 Å². The molecule has 25 heavy (non-hydrogen) atoms. The summed E-state index contributed by atoms with van der Waals surface area (Å²) in [4.78, 5) is 19.7. The van der Waals surface area contributed by atoms with Crippen molar-refractivity contribution in [3.05, 3.63) is 52.4 Å². The topological polar surface area (TPSA) is 46.4 Å². The van der Waals surface area contributed by atoms with E-state index in [9.17, 15) is 4.79 Å². The second-order valence-corrected chi connectivity index (χ2v) is 7.96. The van der Waals surface area contributed by atoms with E-state index >= 15 is 0 Å². The molecule has 0 fully saturated rings. The van der Waals surface area contributed by atoms with E-state index in [1.54, 1.807) is 0 Å². The number of thiophene rings is 1. The van der Waals surface area contributed by atoms with E-state index in [-0.39, 0.29) is 5.91 Å². The minimum Gasteiger partial charge on any atom is -0.352 e. The monoisotopic (exact) mass is 374 g/mol. The van der Waals surface area contributed by atoms with E-state index in [1.165, 1.54) is 16.2 Å². The number of quaternary nitrogens is 1. The minimum atomic E-state index is -0.0590. The summed E-state index contributed by atoms with van der Waals surface area (Å²) in [7, 11) is 4.22. The molecule has 0 aliphatic rings. The summed E-state index contributed by atoms with van der Waals surface area (Å²) < 4.78 is 0.710. The maximum atomic E-state index is 12.7. The highest BCUT2D eigenvalue weighted by Gasteiger charge is 2.14. The third kappa shape index (κ3) is 4.37. The highest BCUT2D eigenvalue weighted by Crippen LogP contribution is 2.32. The number of pyridine rings is 1. The second kappa shape index (κ2) is 7.95. The lowest BCUT2D eigenvalue weighted by molar-refractivity contribution is -0.858. The van der Waals surface area contributed by atoms with Crippen LogP contribution in [0.5, 0.6) is 0 Å². The second-order valence-electron chi connectivity index (χ2n) is 6.24. The standard InChI is InChI=1S/C19H20ClN3OS/c1-23(2)11-5-10-21-19(24)14-12-16(17-8-9-18(20)25-17)22-15-7-4-3-6-13(14)15/h3-4,6-9,12H,5,10-11H2,1-2H3,(H,21,24)/p+1. The van der Waals surface area contributed by atoms with Crippen LogP contribution in [0.15, 0.2) is 42.5 Å². The summed E-state index contributed by atoms with van der Waals surface area (Å²) in [6, 6.07) is 13.4. The Kier molecular flexibility index (Phi) is 5.68. The van der Waals surface area contributed by atoms with Crippen LogP contribution < -0.4 is 10.2 Å². The third-order valence-corrected chi connectivity index (χ3v) is 5.18. The number of carbonyl (C=O) groups excluding carboxylic acids is 1. The molecule has 6 heteroatoms. The van der Waals surface area contributed by atoms with Gasteiger partial charge in [-0.1, -0.05) is 29.8 Å². The number of halogens is 1. The van der Waals surface area contributed by atoms with Crippen LogP contribution >= 0.6 is 22.9 Å². The number of rotatable bonds is 6. The molecule has 0 radical (unpaired) electrons. The molecule has 3 aromatic rings. The summed E-state index contributed by atoms with van der Waals surface area (Å²) >= 11 is 7.51. The van der Waals surface area contributed by atoms with Crippen LogP contribution in [0.25, 0.3) is 21.5 Å². The molecule has 2 N–H and O–H groups in total. The Balaban J connectivity index is 1.91. The van der Waals surface area contributed by atoms with Gasteiger partial charge in [0.05, 0.1) is 46.6 Å². The van der Waals surface area contributed by atoms with Crippen molar-refractivity contribution in [3.8, 4) is 10.6 Å². The predicted molar refractivity (Wildman–Crippen MR) is 105 cm³/mol. The molecule has 0 saturated heterocycles. The average molecular weight is 375 g/mol. The molecule has 1 aromatic carbocycles. The number of aromatic nitrogens is 1. The van der Waals surface area contributed by atoms with Crippen LogP contribution in [-0.4, -0.2) is 38.1 Å². The van der Waals surface area contributed by atoms with Gasteiger partial charge in [0.2, 0.25) is 0 Å². The van der Waals surface area contributed by atoms with Gasteiger partial charge in [0.1, 0.15) is 0 Å². The number of hydrogen-bond acceptors (Lipinski definition) is 3. The Morgan fingerprint density at radius 1 is 1.24 bits per heavy atom. The lowest BCUT2D eigenvalue weighted by Crippen LogP contribution is -3.05. The molecule has 1 amide bonds. The van der Waals surface area contributed by atoms with Crippen LogP contribution in [0.4, 0.5) is 0 Å². The molecule has 2 aromatic heterocycles. The Morgan fingerprint density at radius 3 is 2.76 bits per heavy atom. The molecule has 0 bridgehead atoms. The summed E-state index contributed by atoms with van der Waals surface area (Å²) in [5, 5.41) is 3.89. The highest BCUT2D eigenvalue weighted by molar-refractivity contribution is 7.19. The maximum absolute atomic E-state index is 12.7. The Labute approximate surface area is 156 Å². The normalized spacial score (nSPS) is 11.2. The molecule has 4 nitrogen and oxygen atoms in total. The molecule has 0 spiro atoms. The van der Waals surface area contributed by atoms with Crippen LogP contribution in [0.1, 0.15) is 16.8 Å². The van der Waals surface area contributed by atoms with Gasteiger partial charge in [0.15, 0.2) is 0 Å². The van der Waals surface area contributed by atoms with Crippen molar-refractivity contribution >= 4 is 39.7 Å². The fourth-order valence-corrected chi connectivity index (χ4v) is 3.68. The Bertz CT molecular complexity index is 891. The summed E-state index contributed by atoms with van der Waals surface area (Å²) in [5.74, 6) is -0.0590. The molecule has 2 heterocycles. The molecule has 130 valence electrons. The van der Waals surface area contributed by atoms with Crippen LogP contribution in [-0.2, 0) is 0 Å². The zero-order chi connectivity index (χ0) is 17.8. The van der Waals surface area contributed by atoms with Gasteiger partial charge in [-0.2, -0.15) is 0 Å². The number of hydrogen-bond donors (Lipinski definition) is 2. The van der Waals surface area contributed by atoms with Gasteiger partial charge >= 0.3 is 0 Å². The maximum Gasteiger partial charge on any atom is 0.252 e. The molecule has 0 saturated carbocycles. The number of amides is 1. The largest absolute Gasteiger partial charge is 0.352 e. The van der Waals surface area contributed by atoms with Crippen molar-refractivity contribution in [1.82, 2.24) is 10.3 Å². The first-order chi connectivity index (χ1) is 12.0. The molecule has 0 aliphatic heterocycles. The van der Waals surface area contributed by atoms with Crippen molar-refractivity contribution in [2.45, 2.75) is 6.42 Å². The number of carbonyl (C=O) groups is 1. The highest BCUT2D eigenvalue weighted by atomic mass is 35.5. The van der Waals surface area contributed by atoms with Crippen molar-refractivity contribution in [3.63, 3.8) is 0 Å². The zero-order valence-electron chi connectivity index (χ0n) is 14.3. The van der Waals surface area contributed by atoms with Gasteiger partial charge in [0, 0.05) is 18.4 Å². The summed E-state index contributed by atoms with van der Waals surface area (Å²) in [6.45, 7) is 1.69. The molecule has 3 rings (SSSR count). The number of fused-ring (bicyclic) bond motifs is 1. The predicted octanol–water partition coefficient (Wildman–Crippen LogP) is 2.88. The molecular formula is C19H21ClN3OS+. The van der Waals surface area contributed by atoms with E-state index in [0.29, 0.717) is 16.4 Å². The van der Waals surface area contributed by atoms with Crippen LogP contribution in [0, 0.1) is 0 Å². The van der Waals surface area contributed by atoms with Gasteiger partial charge in [-0.3, -0.25) is 4.79 Å². The van der Waals surface area contributed by atoms with Gasteiger partial charge in [-0.05, 0) is 24.3 Å². The van der Waals surface area contributed by atoms with Crippen molar-refractivity contribution < 1.29 is 9.69 Å². The van der Waals surface area contributed by atoms with E-state index < -0.39 is 0 Å². The molecule has 0 aliphatic carbocycles.